The van der Waals surface area contributed by atoms with Gasteiger partial charge in [-0.1, -0.05) is 0 Å². The van der Waals surface area contributed by atoms with Crippen LogP contribution in [-0.2, 0) is 4.74 Å². The summed E-state index contributed by atoms with van der Waals surface area (Å²) in [5.74, 6) is 0. The first-order valence-corrected chi connectivity index (χ1v) is 6.84. The molecular weight excluding hydrogens is 304 g/mol. The Labute approximate surface area is 126 Å². The largest absolute Gasteiger partial charge is 0.394 e. The van der Waals surface area contributed by atoms with Crippen molar-refractivity contribution in [1.82, 2.24) is 0 Å². The maximum Gasteiger partial charge on any atom is 0.115 e. The zero-order chi connectivity index (χ0) is 17.2. The van der Waals surface area contributed by atoms with E-state index in [0.717, 1.165) is 0 Å². The number of hydrogen-bond acceptors (Lipinski definition) is 10. The van der Waals surface area contributed by atoms with Crippen LogP contribution in [0.1, 0.15) is 6.92 Å². The molecule has 2 unspecified atom stereocenters. The molecule has 1 heterocycles. The molecule has 10 nitrogen and oxygen atoms in total. The quantitative estimate of drug-likeness (QED) is 0.227. The van der Waals surface area contributed by atoms with Gasteiger partial charge >= 0.3 is 0 Å². The summed E-state index contributed by atoms with van der Waals surface area (Å²) in [5, 5.41) is 85.8. The number of ether oxygens (including phenoxy) is 1. The first-order valence-electron chi connectivity index (χ1n) is 6.84. The average molecular weight is 328 g/mol. The van der Waals surface area contributed by atoms with Gasteiger partial charge in [-0.2, -0.15) is 0 Å². The first-order chi connectivity index (χ1) is 10.1. The molecule has 10 heteroatoms. The van der Waals surface area contributed by atoms with E-state index < -0.39 is 67.6 Å². The average Bonchev–Trinajstić information content (AvgIpc) is 2.52. The molecule has 0 aromatic rings. The predicted octanol–water partition coefficient (Wildman–Crippen LogP) is -5.35. The Morgan fingerprint density at radius 2 is 1.36 bits per heavy atom. The van der Waals surface area contributed by atoms with Crippen molar-refractivity contribution in [3.05, 3.63) is 0 Å². The molecule has 1 rings (SSSR count). The first kappa shape index (κ1) is 19.6. The molecule has 1 aliphatic rings. The lowest BCUT2D eigenvalue weighted by molar-refractivity contribution is -0.256. The summed E-state index contributed by atoms with van der Waals surface area (Å²) < 4.78 is 5.11. The van der Waals surface area contributed by atoms with Gasteiger partial charge in [0.2, 0.25) is 0 Å². The predicted molar refractivity (Wildman–Crippen MR) is 69.5 cm³/mol. The van der Waals surface area contributed by atoms with Gasteiger partial charge in [-0.25, -0.2) is 0 Å². The molecule has 0 bridgehead atoms. The summed E-state index contributed by atoms with van der Waals surface area (Å²) in [6, 6.07) is 0. The third-order valence-corrected chi connectivity index (χ3v) is 3.86. The second-order valence-electron chi connectivity index (χ2n) is 5.49. The van der Waals surface area contributed by atoms with E-state index in [2.05, 4.69) is 0 Å². The summed E-state index contributed by atoms with van der Waals surface area (Å²) in [6.45, 7) is 0.484. The van der Waals surface area contributed by atoms with E-state index in [1.54, 1.807) is 0 Å². The number of aliphatic hydroxyl groups is 9. The minimum Gasteiger partial charge on any atom is -0.394 e. The van der Waals surface area contributed by atoms with Gasteiger partial charge in [0, 0.05) is 0 Å². The van der Waals surface area contributed by atoms with E-state index in [9.17, 15) is 40.9 Å². The number of hydrogen-bond donors (Lipinski definition) is 9. The Bertz CT molecular complexity index is 342. The molecule has 9 N–H and O–H groups in total. The van der Waals surface area contributed by atoms with Crippen molar-refractivity contribution in [2.24, 2.45) is 0 Å². The normalized spacial score (nSPS) is 39.8. The van der Waals surface area contributed by atoms with Gasteiger partial charge in [0.25, 0.3) is 0 Å². The molecule has 0 radical (unpaired) electrons. The molecule has 132 valence electrons. The lowest BCUT2D eigenvalue weighted by Gasteiger charge is -2.43. The minimum absolute atomic E-state index is 0.883. The minimum atomic E-state index is -2.05. The second kappa shape index (κ2) is 7.93. The highest BCUT2D eigenvalue weighted by atomic mass is 16.5. The van der Waals surface area contributed by atoms with Crippen molar-refractivity contribution >= 4 is 0 Å². The van der Waals surface area contributed by atoms with Gasteiger partial charge in [-0.3, -0.25) is 0 Å². The highest BCUT2D eigenvalue weighted by Gasteiger charge is 2.48. The van der Waals surface area contributed by atoms with Crippen molar-refractivity contribution in [3.8, 4) is 0 Å². The standard InChI is InChI=1S/C12H24O10/c1-3-5(15)7(17)10(20)12(22-3)11(21)9(19)8(18)6(16)4(14)2-13/h3-21H,2H2,1H3/t3-,4+,5-,6+,7+,8-,9-,10+,11?,12?/m0/s1. The summed E-state index contributed by atoms with van der Waals surface area (Å²) in [5.41, 5.74) is 0. The maximum absolute atomic E-state index is 9.97. The van der Waals surface area contributed by atoms with Gasteiger partial charge in [-0.15, -0.1) is 0 Å². The van der Waals surface area contributed by atoms with Crippen molar-refractivity contribution < 1.29 is 50.7 Å². The smallest absolute Gasteiger partial charge is 0.115 e. The maximum atomic E-state index is 9.97. The van der Waals surface area contributed by atoms with E-state index in [0.29, 0.717) is 0 Å². The van der Waals surface area contributed by atoms with Crippen LogP contribution in [-0.4, -0.2) is 114 Å². The monoisotopic (exact) mass is 328 g/mol. The van der Waals surface area contributed by atoms with E-state index in [1.165, 1.54) is 6.92 Å². The summed E-state index contributed by atoms with van der Waals surface area (Å²) in [7, 11) is 0. The molecule has 0 amide bonds. The summed E-state index contributed by atoms with van der Waals surface area (Å²) >= 11 is 0. The van der Waals surface area contributed by atoms with E-state index in [1.807, 2.05) is 0 Å². The highest BCUT2D eigenvalue weighted by Crippen LogP contribution is 2.25. The number of aliphatic hydroxyl groups excluding tert-OH is 9. The molecule has 1 aliphatic heterocycles. The van der Waals surface area contributed by atoms with Gasteiger partial charge in [0.15, 0.2) is 0 Å². The molecule has 0 aromatic heterocycles. The summed E-state index contributed by atoms with van der Waals surface area (Å²) in [4.78, 5) is 0. The second-order valence-corrected chi connectivity index (χ2v) is 5.49. The molecule has 0 aliphatic carbocycles. The van der Waals surface area contributed by atoms with Crippen molar-refractivity contribution in [2.45, 2.75) is 68.0 Å². The molecule has 22 heavy (non-hydrogen) atoms. The van der Waals surface area contributed by atoms with Gasteiger partial charge in [0.05, 0.1) is 12.7 Å². The molecule has 0 saturated carbocycles. The third-order valence-electron chi connectivity index (χ3n) is 3.86. The van der Waals surface area contributed by atoms with Crippen molar-refractivity contribution in [1.29, 1.82) is 0 Å². The van der Waals surface area contributed by atoms with Crippen LogP contribution in [0.25, 0.3) is 0 Å². The van der Waals surface area contributed by atoms with Crippen LogP contribution in [0.2, 0.25) is 0 Å². The van der Waals surface area contributed by atoms with Gasteiger partial charge < -0.3 is 50.7 Å². The van der Waals surface area contributed by atoms with Gasteiger partial charge in [-0.05, 0) is 6.92 Å². The zero-order valence-electron chi connectivity index (χ0n) is 11.9. The fourth-order valence-electron chi connectivity index (χ4n) is 2.30. The van der Waals surface area contributed by atoms with Crippen LogP contribution in [0.3, 0.4) is 0 Å². The van der Waals surface area contributed by atoms with Crippen molar-refractivity contribution in [3.63, 3.8) is 0 Å². The van der Waals surface area contributed by atoms with E-state index in [-0.39, 0.29) is 0 Å². The molecular formula is C12H24O10. The fourth-order valence-corrected chi connectivity index (χ4v) is 2.30. The SMILES string of the molecule is C[C@@H]1OC(C(O)[C@@H](O)[C@@H](O)[C@H](O)[C@H](O)CO)[C@H](O)[C@H](O)[C@H]1O. The molecule has 1 fully saturated rings. The van der Waals surface area contributed by atoms with Crippen LogP contribution in [0.4, 0.5) is 0 Å². The molecule has 0 aromatic carbocycles. The zero-order valence-corrected chi connectivity index (χ0v) is 11.9. The van der Waals surface area contributed by atoms with Crippen LogP contribution in [0.15, 0.2) is 0 Å². The Morgan fingerprint density at radius 1 is 0.818 bits per heavy atom. The summed E-state index contributed by atoms with van der Waals surface area (Å²) in [6.07, 6.45) is -17.0. The lowest BCUT2D eigenvalue weighted by atomic mass is 9.88. The number of rotatable bonds is 6. The molecule has 0 spiro atoms. The Kier molecular flexibility index (Phi) is 7.08. The Balaban J connectivity index is 2.79. The highest BCUT2D eigenvalue weighted by molar-refractivity contribution is 4.97. The molecule has 1 saturated heterocycles. The lowest BCUT2D eigenvalue weighted by Crippen LogP contribution is -2.63. The third kappa shape index (κ3) is 3.92. The molecule has 10 atom stereocenters. The van der Waals surface area contributed by atoms with Crippen LogP contribution in [0.5, 0.6) is 0 Å². The van der Waals surface area contributed by atoms with E-state index >= 15 is 0 Å². The van der Waals surface area contributed by atoms with Crippen molar-refractivity contribution in [2.75, 3.05) is 6.61 Å². The topological polar surface area (TPSA) is 191 Å². The van der Waals surface area contributed by atoms with Crippen LogP contribution in [0, 0.1) is 0 Å². The fraction of sp³-hybridized carbons (Fsp3) is 1.00. The Hall–Kier alpha value is -0.400. The van der Waals surface area contributed by atoms with Crippen LogP contribution < -0.4 is 0 Å². The van der Waals surface area contributed by atoms with Gasteiger partial charge in [0.1, 0.15) is 54.9 Å². The Morgan fingerprint density at radius 3 is 1.86 bits per heavy atom. The van der Waals surface area contributed by atoms with E-state index in [4.69, 9.17) is 9.84 Å². The van der Waals surface area contributed by atoms with Crippen LogP contribution >= 0.6 is 0 Å².